The molecule has 0 aliphatic rings. The molecule has 2 aromatic rings. The van der Waals surface area contributed by atoms with Gasteiger partial charge < -0.3 is 10.1 Å². The second-order valence-corrected chi connectivity index (χ2v) is 4.49. The zero-order chi connectivity index (χ0) is 14.5. The van der Waals surface area contributed by atoms with Crippen LogP contribution in [0.3, 0.4) is 0 Å². The third-order valence-corrected chi connectivity index (χ3v) is 3.10. The molecule has 0 radical (unpaired) electrons. The van der Waals surface area contributed by atoms with E-state index in [4.69, 9.17) is 4.74 Å². The summed E-state index contributed by atoms with van der Waals surface area (Å²) in [6, 6.07) is 3.15. The molecule has 0 spiro atoms. The van der Waals surface area contributed by atoms with Gasteiger partial charge in [0.2, 0.25) is 0 Å². The van der Waals surface area contributed by atoms with E-state index in [1.807, 2.05) is 6.92 Å². The monoisotopic (exact) mass is 298 g/mol. The molecule has 1 aromatic carbocycles. The first-order valence-corrected chi connectivity index (χ1v) is 6.51. The Labute approximate surface area is 117 Å². The predicted octanol–water partition coefficient (Wildman–Crippen LogP) is 2.60. The average Bonchev–Trinajstić information content (AvgIpc) is 2.85. The van der Waals surface area contributed by atoms with Gasteiger partial charge in [-0.25, -0.2) is 4.39 Å². The molecule has 1 aromatic heterocycles. The van der Waals surface area contributed by atoms with Crippen molar-refractivity contribution in [2.45, 2.75) is 13.5 Å². The SMILES string of the molecule is CCNc1snnc1COc1ccc(F)cc1[N+](=O)[O-]. The van der Waals surface area contributed by atoms with Gasteiger partial charge in [-0.05, 0) is 19.1 Å². The lowest BCUT2D eigenvalue weighted by Crippen LogP contribution is -2.03. The fraction of sp³-hybridized carbons (Fsp3) is 0.273. The molecule has 9 heteroatoms. The molecular weight excluding hydrogens is 287 g/mol. The van der Waals surface area contributed by atoms with Crippen molar-refractivity contribution < 1.29 is 14.1 Å². The van der Waals surface area contributed by atoms with Crippen molar-refractivity contribution in [2.75, 3.05) is 11.9 Å². The van der Waals surface area contributed by atoms with Crippen LogP contribution in [0, 0.1) is 15.9 Å². The first kappa shape index (κ1) is 14.1. The Morgan fingerprint density at radius 2 is 2.35 bits per heavy atom. The van der Waals surface area contributed by atoms with Gasteiger partial charge in [-0.3, -0.25) is 10.1 Å². The number of nitro benzene ring substituents is 1. The summed E-state index contributed by atoms with van der Waals surface area (Å²) in [5, 5.41) is 18.5. The van der Waals surface area contributed by atoms with Crippen molar-refractivity contribution in [1.29, 1.82) is 0 Å². The van der Waals surface area contributed by atoms with Crippen molar-refractivity contribution in [3.8, 4) is 5.75 Å². The second kappa shape index (κ2) is 6.24. The molecule has 1 heterocycles. The van der Waals surface area contributed by atoms with E-state index in [1.54, 1.807) is 0 Å². The minimum absolute atomic E-state index is 0.00755. The van der Waals surface area contributed by atoms with E-state index in [-0.39, 0.29) is 12.4 Å². The van der Waals surface area contributed by atoms with E-state index in [1.165, 1.54) is 17.6 Å². The minimum atomic E-state index is -0.692. The Hall–Kier alpha value is -2.29. The largest absolute Gasteiger partial charge is 0.480 e. The molecule has 0 atom stereocenters. The molecule has 0 bridgehead atoms. The molecular formula is C11H11FN4O3S. The molecule has 0 unspecified atom stereocenters. The number of hydrogen-bond acceptors (Lipinski definition) is 7. The van der Waals surface area contributed by atoms with Crippen LogP contribution in [0.15, 0.2) is 18.2 Å². The zero-order valence-electron chi connectivity index (χ0n) is 10.5. The molecule has 7 nitrogen and oxygen atoms in total. The molecule has 0 saturated heterocycles. The molecule has 106 valence electrons. The summed E-state index contributed by atoms with van der Waals surface area (Å²) in [7, 11) is 0. The van der Waals surface area contributed by atoms with E-state index in [0.29, 0.717) is 12.2 Å². The van der Waals surface area contributed by atoms with Gasteiger partial charge in [0.05, 0.1) is 11.0 Å². The van der Waals surface area contributed by atoms with Crippen molar-refractivity contribution in [2.24, 2.45) is 0 Å². The van der Waals surface area contributed by atoms with Gasteiger partial charge in [-0.2, -0.15) is 0 Å². The minimum Gasteiger partial charge on any atom is -0.480 e. The third kappa shape index (κ3) is 3.18. The Kier molecular flexibility index (Phi) is 4.41. The van der Waals surface area contributed by atoms with E-state index in [0.717, 1.165) is 17.1 Å². The van der Waals surface area contributed by atoms with Crippen LogP contribution in [0.4, 0.5) is 15.1 Å². The lowest BCUT2D eigenvalue weighted by molar-refractivity contribution is -0.386. The molecule has 2 rings (SSSR count). The second-order valence-electron chi connectivity index (χ2n) is 3.74. The van der Waals surface area contributed by atoms with E-state index in [2.05, 4.69) is 14.9 Å². The number of aromatic nitrogens is 2. The van der Waals surface area contributed by atoms with Crippen LogP contribution in [0.5, 0.6) is 5.75 Å². The lowest BCUT2D eigenvalue weighted by atomic mass is 10.3. The van der Waals surface area contributed by atoms with Gasteiger partial charge in [0, 0.05) is 18.1 Å². The number of nitrogens with one attached hydrogen (secondary N) is 1. The number of rotatable bonds is 6. The van der Waals surface area contributed by atoms with Crippen molar-refractivity contribution >= 4 is 22.2 Å². The summed E-state index contributed by atoms with van der Waals surface area (Å²) in [5.41, 5.74) is 0.133. The van der Waals surface area contributed by atoms with Crippen LogP contribution in [0.25, 0.3) is 0 Å². The Bertz CT molecular complexity index is 619. The zero-order valence-corrected chi connectivity index (χ0v) is 11.3. The van der Waals surface area contributed by atoms with Gasteiger partial charge in [0.15, 0.2) is 5.75 Å². The average molecular weight is 298 g/mol. The van der Waals surface area contributed by atoms with Gasteiger partial charge in [-0.15, -0.1) is 5.10 Å². The normalized spacial score (nSPS) is 10.3. The number of hydrogen-bond donors (Lipinski definition) is 1. The van der Waals surface area contributed by atoms with Crippen LogP contribution in [0.2, 0.25) is 0 Å². The summed E-state index contributed by atoms with van der Waals surface area (Å²) in [4.78, 5) is 10.1. The number of ether oxygens (including phenoxy) is 1. The van der Waals surface area contributed by atoms with Crippen LogP contribution in [-0.2, 0) is 6.61 Å². The van der Waals surface area contributed by atoms with Crippen LogP contribution < -0.4 is 10.1 Å². The predicted molar refractivity (Wildman–Crippen MR) is 71.5 cm³/mol. The first-order valence-electron chi connectivity index (χ1n) is 5.73. The highest BCUT2D eigenvalue weighted by molar-refractivity contribution is 7.10. The molecule has 1 N–H and O–H groups in total. The van der Waals surface area contributed by atoms with Crippen LogP contribution in [-0.4, -0.2) is 21.1 Å². The summed E-state index contributed by atoms with van der Waals surface area (Å²) in [6.45, 7) is 2.65. The standard InChI is InChI=1S/C11H11FN4O3S/c1-2-13-11-8(14-15-20-11)6-19-10-4-3-7(12)5-9(10)16(17)18/h3-5,13H,2,6H2,1H3. The summed E-state index contributed by atoms with van der Waals surface area (Å²) < 4.78 is 22.1. The van der Waals surface area contributed by atoms with E-state index < -0.39 is 16.4 Å². The van der Waals surface area contributed by atoms with E-state index >= 15 is 0 Å². The van der Waals surface area contributed by atoms with Gasteiger partial charge in [-0.1, -0.05) is 4.49 Å². The maximum Gasteiger partial charge on any atom is 0.313 e. The first-order chi connectivity index (χ1) is 9.61. The molecule has 0 saturated carbocycles. The smallest absolute Gasteiger partial charge is 0.313 e. The number of benzene rings is 1. The number of anilines is 1. The maximum atomic E-state index is 13.0. The molecule has 0 amide bonds. The highest BCUT2D eigenvalue weighted by Gasteiger charge is 2.17. The quantitative estimate of drug-likeness (QED) is 0.651. The van der Waals surface area contributed by atoms with Crippen molar-refractivity contribution in [3.05, 3.63) is 39.8 Å². The summed E-state index contributed by atoms with van der Waals surface area (Å²) >= 11 is 1.18. The fourth-order valence-electron chi connectivity index (χ4n) is 1.50. The van der Waals surface area contributed by atoms with E-state index in [9.17, 15) is 14.5 Å². The number of nitro groups is 1. The highest BCUT2D eigenvalue weighted by atomic mass is 32.1. The molecule has 0 fully saturated rings. The Morgan fingerprint density at radius 3 is 3.05 bits per heavy atom. The van der Waals surface area contributed by atoms with Gasteiger partial charge in [0.25, 0.3) is 0 Å². The van der Waals surface area contributed by atoms with Crippen molar-refractivity contribution in [3.63, 3.8) is 0 Å². The van der Waals surface area contributed by atoms with Crippen molar-refractivity contribution in [1.82, 2.24) is 9.59 Å². The van der Waals surface area contributed by atoms with Crippen LogP contribution in [0.1, 0.15) is 12.6 Å². The maximum absolute atomic E-state index is 13.0. The Balaban J connectivity index is 2.14. The summed E-state index contributed by atoms with van der Waals surface area (Å²) in [6.07, 6.45) is 0. The molecule has 20 heavy (non-hydrogen) atoms. The van der Waals surface area contributed by atoms with Gasteiger partial charge in [0.1, 0.15) is 23.1 Å². The number of nitrogens with zero attached hydrogens (tertiary/aromatic N) is 3. The molecule has 0 aliphatic carbocycles. The Morgan fingerprint density at radius 1 is 1.55 bits per heavy atom. The fourth-order valence-corrected chi connectivity index (χ4v) is 2.13. The highest BCUT2D eigenvalue weighted by Crippen LogP contribution is 2.29. The topological polar surface area (TPSA) is 90.2 Å². The van der Waals surface area contributed by atoms with Crippen LogP contribution >= 0.6 is 11.5 Å². The molecule has 0 aliphatic heterocycles. The third-order valence-electron chi connectivity index (χ3n) is 2.38. The number of halogens is 1. The van der Waals surface area contributed by atoms with Gasteiger partial charge >= 0.3 is 5.69 Å². The lowest BCUT2D eigenvalue weighted by Gasteiger charge is -2.06. The summed E-state index contributed by atoms with van der Waals surface area (Å²) in [5.74, 6) is -0.695.